The number of hydrogen-bond acceptors (Lipinski definition) is 2. The molecule has 0 spiro atoms. The van der Waals surface area contributed by atoms with Crippen LogP contribution in [0.4, 0.5) is 0 Å². The van der Waals surface area contributed by atoms with Gasteiger partial charge in [-0.1, -0.05) is 27.7 Å². The predicted octanol–water partition coefficient (Wildman–Crippen LogP) is 5.25. The van der Waals surface area contributed by atoms with Gasteiger partial charge < -0.3 is 5.32 Å². The molecule has 2 rings (SSSR count). The topological polar surface area (TPSA) is 12.0 Å². The fraction of sp³-hybridized carbons (Fsp3) is 0.765. The zero-order valence-corrected chi connectivity index (χ0v) is 13.7. The van der Waals surface area contributed by atoms with Crippen LogP contribution in [0.3, 0.4) is 0 Å². The summed E-state index contributed by atoms with van der Waals surface area (Å²) in [5.41, 5.74) is 1.99. The molecule has 1 heterocycles. The normalized spacial score (nSPS) is 26.3. The van der Waals surface area contributed by atoms with E-state index < -0.39 is 0 Å². The molecular formula is C17H29NS. The molecule has 1 aromatic rings. The molecule has 1 aromatic heterocycles. The zero-order valence-electron chi connectivity index (χ0n) is 12.9. The van der Waals surface area contributed by atoms with Crippen molar-refractivity contribution in [1.82, 2.24) is 5.32 Å². The molecule has 1 N–H and O–H groups in total. The SMILES string of the molecule is CCNC(c1ccsc1)C1CCC(C(C)(C)C)CC1. The highest BCUT2D eigenvalue weighted by Crippen LogP contribution is 2.43. The third kappa shape index (κ3) is 3.82. The molecule has 1 aliphatic rings. The van der Waals surface area contributed by atoms with Gasteiger partial charge in [0.05, 0.1) is 0 Å². The quantitative estimate of drug-likeness (QED) is 0.793. The van der Waals surface area contributed by atoms with Crippen molar-refractivity contribution in [3.63, 3.8) is 0 Å². The Morgan fingerprint density at radius 1 is 1.26 bits per heavy atom. The molecule has 0 aliphatic heterocycles. The van der Waals surface area contributed by atoms with Crippen LogP contribution in [0.1, 0.15) is 65.0 Å². The van der Waals surface area contributed by atoms with Gasteiger partial charge >= 0.3 is 0 Å². The Labute approximate surface area is 122 Å². The van der Waals surface area contributed by atoms with Crippen molar-refractivity contribution in [1.29, 1.82) is 0 Å². The van der Waals surface area contributed by atoms with E-state index >= 15 is 0 Å². The van der Waals surface area contributed by atoms with Crippen LogP contribution in [-0.2, 0) is 0 Å². The van der Waals surface area contributed by atoms with Crippen LogP contribution in [0.15, 0.2) is 16.8 Å². The largest absolute Gasteiger partial charge is 0.310 e. The molecular weight excluding hydrogens is 250 g/mol. The van der Waals surface area contributed by atoms with E-state index in [-0.39, 0.29) is 0 Å². The third-order valence-corrected chi connectivity index (χ3v) is 5.50. The molecule has 0 amide bonds. The Morgan fingerprint density at radius 2 is 1.95 bits per heavy atom. The molecule has 2 heteroatoms. The van der Waals surface area contributed by atoms with Gasteiger partial charge in [-0.25, -0.2) is 0 Å². The van der Waals surface area contributed by atoms with Gasteiger partial charge in [0.2, 0.25) is 0 Å². The van der Waals surface area contributed by atoms with E-state index in [1.54, 1.807) is 0 Å². The van der Waals surface area contributed by atoms with E-state index in [1.807, 2.05) is 11.3 Å². The summed E-state index contributed by atoms with van der Waals surface area (Å²) in [5, 5.41) is 8.25. The predicted molar refractivity (Wildman–Crippen MR) is 85.6 cm³/mol. The summed E-state index contributed by atoms with van der Waals surface area (Å²) in [4.78, 5) is 0. The molecule has 1 fully saturated rings. The van der Waals surface area contributed by atoms with Crippen molar-refractivity contribution in [3.8, 4) is 0 Å². The van der Waals surface area contributed by atoms with Gasteiger partial charge in [-0.15, -0.1) is 0 Å². The van der Waals surface area contributed by atoms with Crippen LogP contribution in [0, 0.1) is 17.3 Å². The Balaban J connectivity index is 1.98. The summed E-state index contributed by atoms with van der Waals surface area (Å²) in [7, 11) is 0. The highest BCUT2D eigenvalue weighted by molar-refractivity contribution is 7.07. The Kier molecular flexibility index (Phi) is 5.08. The Hall–Kier alpha value is -0.340. The van der Waals surface area contributed by atoms with Crippen molar-refractivity contribution in [2.75, 3.05) is 6.54 Å². The first kappa shape index (κ1) is 15.1. The molecule has 1 saturated carbocycles. The Bertz CT molecular complexity index is 355. The second kappa shape index (κ2) is 6.41. The second-order valence-corrected chi connectivity index (χ2v) is 7.85. The number of thiophene rings is 1. The minimum Gasteiger partial charge on any atom is -0.310 e. The lowest BCUT2D eigenvalue weighted by Crippen LogP contribution is -2.33. The minimum atomic E-state index is 0.487. The lowest BCUT2D eigenvalue weighted by Gasteiger charge is -2.39. The van der Waals surface area contributed by atoms with Gasteiger partial charge in [0.1, 0.15) is 0 Å². The Morgan fingerprint density at radius 3 is 2.42 bits per heavy atom. The maximum absolute atomic E-state index is 3.71. The molecule has 1 atom stereocenters. The van der Waals surface area contributed by atoms with Crippen molar-refractivity contribution in [3.05, 3.63) is 22.4 Å². The minimum absolute atomic E-state index is 0.487. The number of rotatable bonds is 4. The first-order chi connectivity index (χ1) is 9.02. The first-order valence-corrected chi connectivity index (χ1v) is 8.72. The average molecular weight is 279 g/mol. The summed E-state index contributed by atoms with van der Waals surface area (Å²) < 4.78 is 0. The molecule has 0 radical (unpaired) electrons. The fourth-order valence-corrected chi connectivity index (χ4v) is 4.24. The van der Waals surface area contributed by atoms with Gasteiger partial charge in [0, 0.05) is 6.04 Å². The van der Waals surface area contributed by atoms with Crippen molar-refractivity contribution in [2.45, 2.75) is 59.4 Å². The molecule has 1 nitrogen and oxygen atoms in total. The van der Waals surface area contributed by atoms with Crippen LogP contribution >= 0.6 is 11.3 Å². The van der Waals surface area contributed by atoms with Gasteiger partial charge in [0.15, 0.2) is 0 Å². The highest BCUT2D eigenvalue weighted by Gasteiger charge is 2.33. The number of hydrogen-bond donors (Lipinski definition) is 1. The van der Waals surface area contributed by atoms with E-state index in [9.17, 15) is 0 Å². The van der Waals surface area contributed by atoms with Crippen LogP contribution in [-0.4, -0.2) is 6.54 Å². The second-order valence-electron chi connectivity index (χ2n) is 7.07. The van der Waals surface area contributed by atoms with E-state index in [0.717, 1.165) is 18.4 Å². The smallest absolute Gasteiger partial charge is 0.0356 e. The summed E-state index contributed by atoms with van der Waals surface area (Å²) in [6.07, 6.45) is 5.57. The van der Waals surface area contributed by atoms with E-state index in [0.29, 0.717) is 11.5 Å². The van der Waals surface area contributed by atoms with E-state index in [1.165, 1.54) is 31.2 Å². The van der Waals surface area contributed by atoms with Crippen LogP contribution in [0.2, 0.25) is 0 Å². The maximum atomic E-state index is 3.71. The zero-order chi connectivity index (χ0) is 13.9. The van der Waals surface area contributed by atoms with E-state index in [4.69, 9.17) is 0 Å². The van der Waals surface area contributed by atoms with Crippen molar-refractivity contribution in [2.24, 2.45) is 17.3 Å². The van der Waals surface area contributed by atoms with Crippen molar-refractivity contribution < 1.29 is 0 Å². The third-order valence-electron chi connectivity index (χ3n) is 4.79. The standard InChI is InChI=1S/C17H29NS/c1-5-18-16(14-10-11-19-12-14)13-6-8-15(9-7-13)17(2,3)4/h10-13,15-16,18H,5-9H2,1-4H3. The number of nitrogens with one attached hydrogen (secondary N) is 1. The van der Waals surface area contributed by atoms with Crippen LogP contribution in [0.5, 0.6) is 0 Å². The monoisotopic (exact) mass is 279 g/mol. The molecule has 0 aromatic carbocycles. The van der Waals surface area contributed by atoms with Gasteiger partial charge in [-0.2, -0.15) is 11.3 Å². The summed E-state index contributed by atoms with van der Waals surface area (Å²) in [6, 6.07) is 2.88. The molecule has 19 heavy (non-hydrogen) atoms. The highest BCUT2D eigenvalue weighted by atomic mass is 32.1. The van der Waals surface area contributed by atoms with E-state index in [2.05, 4.69) is 49.8 Å². The van der Waals surface area contributed by atoms with Gasteiger partial charge in [0.25, 0.3) is 0 Å². The van der Waals surface area contributed by atoms with Gasteiger partial charge in [-0.05, 0) is 71.9 Å². The molecule has 1 unspecified atom stereocenters. The fourth-order valence-electron chi connectivity index (χ4n) is 3.55. The summed E-state index contributed by atoms with van der Waals surface area (Å²) >= 11 is 1.82. The van der Waals surface area contributed by atoms with Crippen LogP contribution < -0.4 is 5.32 Å². The maximum Gasteiger partial charge on any atom is 0.0356 e. The average Bonchev–Trinajstić information content (AvgIpc) is 2.89. The molecule has 0 bridgehead atoms. The molecule has 108 valence electrons. The van der Waals surface area contributed by atoms with Crippen molar-refractivity contribution >= 4 is 11.3 Å². The molecule has 1 aliphatic carbocycles. The lowest BCUT2D eigenvalue weighted by atomic mass is 9.68. The van der Waals surface area contributed by atoms with Gasteiger partial charge in [-0.3, -0.25) is 0 Å². The molecule has 0 saturated heterocycles. The lowest BCUT2D eigenvalue weighted by molar-refractivity contribution is 0.133. The first-order valence-electron chi connectivity index (χ1n) is 7.78. The summed E-state index contributed by atoms with van der Waals surface area (Å²) in [5.74, 6) is 1.74. The van der Waals surface area contributed by atoms with Crippen LogP contribution in [0.25, 0.3) is 0 Å². The summed E-state index contributed by atoms with van der Waals surface area (Å²) in [6.45, 7) is 10.5.